The highest BCUT2D eigenvalue weighted by Gasteiger charge is 2.22. The standard InChI is InChI=1S/C15H23NO3S/c1-16(13-5-3-4-6-13)11-15(17)12-7-9-14(10-8-12)20(2,18)19/h7-10,13,15,17H,3-6,11H2,1-2H3/t15-/m0/s1. The van der Waals surface area contributed by atoms with E-state index in [0.29, 0.717) is 12.6 Å². The Labute approximate surface area is 121 Å². The Morgan fingerprint density at radius 3 is 2.30 bits per heavy atom. The van der Waals surface area contributed by atoms with E-state index in [0.717, 1.165) is 5.56 Å². The number of nitrogens with zero attached hydrogens (tertiary/aromatic N) is 1. The van der Waals surface area contributed by atoms with Gasteiger partial charge in [0.1, 0.15) is 0 Å². The second-order valence-corrected chi connectivity index (χ2v) is 7.75. The number of sulfone groups is 1. The van der Waals surface area contributed by atoms with Crippen LogP contribution in [0.1, 0.15) is 37.4 Å². The normalized spacial score (nSPS) is 18.6. The molecule has 20 heavy (non-hydrogen) atoms. The first-order valence-electron chi connectivity index (χ1n) is 7.06. The lowest BCUT2D eigenvalue weighted by molar-refractivity contribution is 0.105. The van der Waals surface area contributed by atoms with Crippen LogP contribution >= 0.6 is 0 Å². The fraction of sp³-hybridized carbons (Fsp3) is 0.600. The molecule has 1 aromatic rings. The Morgan fingerprint density at radius 1 is 1.25 bits per heavy atom. The van der Waals surface area contributed by atoms with E-state index >= 15 is 0 Å². The van der Waals surface area contributed by atoms with Gasteiger partial charge in [-0.25, -0.2) is 8.42 Å². The van der Waals surface area contributed by atoms with E-state index in [4.69, 9.17) is 0 Å². The lowest BCUT2D eigenvalue weighted by Gasteiger charge is -2.26. The summed E-state index contributed by atoms with van der Waals surface area (Å²) >= 11 is 0. The average Bonchev–Trinajstić information content (AvgIpc) is 2.91. The van der Waals surface area contributed by atoms with Crippen LogP contribution in [0.5, 0.6) is 0 Å². The number of likely N-dealkylation sites (N-methyl/N-ethyl adjacent to an activating group) is 1. The summed E-state index contributed by atoms with van der Waals surface area (Å²) < 4.78 is 22.8. The van der Waals surface area contributed by atoms with E-state index < -0.39 is 15.9 Å². The third-order valence-corrected chi connectivity index (χ3v) is 5.23. The van der Waals surface area contributed by atoms with Gasteiger partial charge in [0.05, 0.1) is 11.0 Å². The van der Waals surface area contributed by atoms with Gasteiger partial charge < -0.3 is 10.0 Å². The molecule has 112 valence electrons. The van der Waals surface area contributed by atoms with E-state index in [2.05, 4.69) is 4.90 Å². The van der Waals surface area contributed by atoms with Crippen molar-refractivity contribution in [2.75, 3.05) is 19.8 Å². The van der Waals surface area contributed by atoms with Crippen LogP contribution in [0.3, 0.4) is 0 Å². The van der Waals surface area contributed by atoms with Crippen LogP contribution in [0, 0.1) is 0 Å². The quantitative estimate of drug-likeness (QED) is 0.903. The van der Waals surface area contributed by atoms with Gasteiger partial charge in [0.2, 0.25) is 0 Å². The van der Waals surface area contributed by atoms with E-state index in [9.17, 15) is 13.5 Å². The van der Waals surface area contributed by atoms with E-state index in [-0.39, 0.29) is 4.90 Å². The molecule has 1 N–H and O–H groups in total. The number of rotatable bonds is 5. The molecule has 2 rings (SSSR count). The topological polar surface area (TPSA) is 57.6 Å². The minimum Gasteiger partial charge on any atom is -0.387 e. The van der Waals surface area contributed by atoms with Gasteiger partial charge in [-0.3, -0.25) is 0 Å². The van der Waals surface area contributed by atoms with Gasteiger partial charge in [-0.05, 0) is 37.6 Å². The van der Waals surface area contributed by atoms with Crippen LogP contribution in [0.4, 0.5) is 0 Å². The van der Waals surface area contributed by atoms with Gasteiger partial charge >= 0.3 is 0 Å². The first-order chi connectivity index (χ1) is 9.38. The second-order valence-electron chi connectivity index (χ2n) is 5.73. The Morgan fingerprint density at radius 2 is 1.80 bits per heavy atom. The summed E-state index contributed by atoms with van der Waals surface area (Å²) in [6, 6.07) is 7.08. The van der Waals surface area contributed by atoms with Crippen molar-refractivity contribution in [1.82, 2.24) is 4.90 Å². The maximum Gasteiger partial charge on any atom is 0.175 e. The lowest BCUT2D eigenvalue weighted by atomic mass is 10.1. The van der Waals surface area contributed by atoms with Crippen LogP contribution in [-0.2, 0) is 9.84 Å². The van der Waals surface area contributed by atoms with Crippen molar-refractivity contribution >= 4 is 9.84 Å². The van der Waals surface area contributed by atoms with Crippen molar-refractivity contribution in [3.05, 3.63) is 29.8 Å². The van der Waals surface area contributed by atoms with Crippen LogP contribution in [0.25, 0.3) is 0 Å². The number of benzene rings is 1. The van der Waals surface area contributed by atoms with Crippen molar-refractivity contribution < 1.29 is 13.5 Å². The predicted molar refractivity (Wildman–Crippen MR) is 79.4 cm³/mol. The summed E-state index contributed by atoms with van der Waals surface area (Å²) in [6.07, 6.45) is 5.57. The van der Waals surface area contributed by atoms with Gasteiger partial charge in [-0.15, -0.1) is 0 Å². The predicted octanol–water partition coefficient (Wildman–Crippen LogP) is 2.00. The molecule has 0 bridgehead atoms. The summed E-state index contributed by atoms with van der Waals surface area (Å²) in [5.41, 5.74) is 0.766. The summed E-state index contributed by atoms with van der Waals surface area (Å²) in [7, 11) is -1.13. The SMILES string of the molecule is CN(C[C@H](O)c1ccc(S(C)(=O)=O)cc1)C1CCCC1. The largest absolute Gasteiger partial charge is 0.387 e. The molecular formula is C15H23NO3S. The van der Waals surface area contributed by atoms with Gasteiger partial charge in [-0.2, -0.15) is 0 Å². The van der Waals surface area contributed by atoms with Gasteiger partial charge in [-0.1, -0.05) is 25.0 Å². The molecule has 0 spiro atoms. The molecule has 1 aliphatic rings. The van der Waals surface area contributed by atoms with E-state index in [1.54, 1.807) is 24.3 Å². The molecule has 4 nitrogen and oxygen atoms in total. The Bertz CT molecular complexity index is 533. The van der Waals surface area contributed by atoms with Gasteiger partial charge in [0.15, 0.2) is 9.84 Å². The fourth-order valence-corrected chi connectivity index (χ4v) is 3.44. The maximum absolute atomic E-state index is 11.4. The molecule has 0 aromatic heterocycles. The first kappa shape index (κ1) is 15.5. The number of hydrogen-bond donors (Lipinski definition) is 1. The minimum absolute atomic E-state index is 0.289. The second kappa shape index (κ2) is 6.24. The first-order valence-corrected chi connectivity index (χ1v) is 8.95. The number of hydrogen-bond acceptors (Lipinski definition) is 4. The summed E-state index contributed by atoms with van der Waals surface area (Å²) in [6.45, 7) is 0.586. The zero-order chi connectivity index (χ0) is 14.8. The molecule has 0 unspecified atom stereocenters. The summed E-state index contributed by atoms with van der Waals surface area (Å²) in [5, 5.41) is 10.3. The molecule has 0 saturated heterocycles. The van der Waals surface area contributed by atoms with Crippen molar-refractivity contribution in [3.63, 3.8) is 0 Å². The van der Waals surface area contributed by atoms with Gasteiger partial charge in [0, 0.05) is 18.8 Å². The van der Waals surface area contributed by atoms with Gasteiger partial charge in [0.25, 0.3) is 0 Å². The highest BCUT2D eigenvalue weighted by molar-refractivity contribution is 7.90. The number of aliphatic hydroxyl groups is 1. The fourth-order valence-electron chi connectivity index (χ4n) is 2.81. The summed E-state index contributed by atoms with van der Waals surface area (Å²) in [5.74, 6) is 0. The van der Waals surface area contributed by atoms with Crippen LogP contribution in [-0.4, -0.2) is 44.3 Å². The molecule has 5 heteroatoms. The van der Waals surface area contributed by atoms with Crippen molar-refractivity contribution in [2.24, 2.45) is 0 Å². The molecule has 0 aliphatic heterocycles. The molecule has 1 atom stereocenters. The van der Waals surface area contributed by atoms with Crippen LogP contribution in [0.15, 0.2) is 29.2 Å². The monoisotopic (exact) mass is 297 g/mol. The van der Waals surface area contributed by atoms with E-state index in [1.165, 1.54) is 31.9 Å². The lowest BCUT2D eigenvalue weighted by Crippen LogP contribution is -2.33. The Balaban J connectivity index is 2.00. The smallest absolute Gasteiger partial charge is 0.175 e. The highest BCUT2D eigenvalue weighted by Crippen LogP contribution is 2.24. The third kappa shape index (κ3) is 3.81. The van der Waals surface area contributed by atoms with Crippen LogP contribution < -0.4 is 0 Å². The molecule has 1 aromatic carbocycles. The van der Waals surface area contributed by atoms with Crippen molar-refractivity contribution in [1.29, 1.82) is 0 Å². The minimum atomic E-state index is -3.17. The van der Waals surface area contributed by atoms with Crippen molar-refractivity contribution in [3.8, 4) is 0 Å². The summed E-state index contributed by atoms with van der Waals surface area (Å²) in [4.78, 5) is 2.50. The zero-order valence-electron chi connectivity index (χ0n) is 12.1. The van der Waals surface area contributed by atoms with E-state index in [1.807, 2.05) is 7.05 Å². The highest BCUT2D eigenvalue weighted by atomic mass is 32.2. The maximum atomic E-state index is 11.4. The average molecular weight is 297 g/mol. The molecular weight excluding hydrogens is 274 g/mol. The zero-order valence-corrected chi connectivity index (χ0v) is 12.9. The molecule has 0 heterocycles. The Kier molecular flexibility index (Phi) is 4.83. The molecule has 0 amide bonds. The van der Waals surface area contributed by atoms with Crippen LogP contribution in [0.2, 0.25) is 0 Å². The third-order valence-electron chi connectivity index (χ3n) is 4.10. The molecule has 1 aliphatic carbocycles. The molecule has 1 saturated carbocycles. The number of aliphatic hydroxyl groups excluding tert-OH is 1. The molecule has 0 radical (unpaired) electrons. The molecule has 1 fully saturated rings. The van der Waals surface area contributed by atoms with Crippen molar-refractivity contribution in [2.45, 2.75) is 42.7 Å². The Hall–Kier alpha value is -0.910.